The van der Waals surface area contributed by atoms with Crippen molar-refractivity contribution in [1.29, 1.82) is 0 Å². The molecule has 1 amide bonds. The minimum atomic E-state index is -0.733. The van der Waals surface area contributed by atoms with Gasteiger partial charge in [0.1, 0.15) is 18.2 Å². The summed E-state index contributed by atoms with van der Waals surface area (Å²) in [6.07, 6.45) is 2.08. The van der Waals surface area contributed by atoms with E-state index in [2.05, 4.69) is 11.6 Å². The summed E-state index contributed by atoms with van der Waals surface area (Å²) in [6.45, 7) is 4.63. The molecule has 9 heteroatoms. The largest absolute Gasteiger partial charge is 0.490 e. The van der Waals surface area contributed by atoms with Crippen molar-refractivity contribution in [3.63, 3.8) is 0 Å². The molecule has 3 rings (SSSR count). The number of anilines is 2. The van der Waals surface area contributed by atoms with Gasteiger partial charge in [-0.1, -0.05) is 43.0 Å². The van der Waals surface area contributed by atoms with E-state index in [1.807, 2.05) is 30.3 Å². The predicted molar refractivity (Wildman–Crippen MR) is 132 cm³/mol. The zero-order chi connectivity index (χ0) is 24.5. The van der Waals surface area contributed by atoms with Gasteiger partial charge >= 0.3 is 5.69 Å². The number of nitrogens with one attached hydrogen (secondary N) is 1. The monoisotopic (exact) mass is 464 g/mol. The van der Waals surface area contributed by atoms with Crippen LogP contribution in [0.2, 0.25) is 0 Å². The Labute approximate surface area is 197 Å². The Bertz CT molecular complexity index is 1230. The maximum absolute atomic E-state index is 13.5. The summed E-state index contributed by atoms with van der Waals surface area (Å²) in [6, 6.07) is 15.8. The molecule has 0 saturated heterocycles. The van der Waals surface area contributed by atoms with Gasteiger partial charge in [0.05, 0.1) is 6.54 Å². The Morgan fingerprint density at radius 1 is 1.15 bits per heavy atom. The maximum atomic E-state index is 13.5. The molecule has 0 bridgehead atoms. The first-order valence-corrected chi connectivity index (χ1v) is 10.8. The molecule has 2 aromatic carbocycles. The molecule has 1 heterocycles. The number of H-pyrrole nitrogens is 1. The number of amides is 1. The summed E-state index contributed by atoms with van der Waals surface area (Å²) in [5.41, 5.74) is 6.02. The second kappa shape index (κ2) is 11.7. The molecule has 0 spiro atoms. The highest BCUT2D eigenvalue weighted by Crippen LogP contribution is 2.22. The van der Waals surface area contributed by atoms with Gasteiger partial charge < -0.3 is 20.1 Å². The van der Waals surface area contributed by atoms with Gasteiger partial charge in [-0.3, -0.25) is 19.1 Å². The third kappa shape index (κ3) is 5.81. The Morgan fingerprint density at radius 2 is 1.85 bits per heavy atom. The van der Waals surface area contributed by atoms with Crippen molar-refractivity contribution in [2.75, 3.05) is 37.5 Å². The van der Waals surface area contributed by atoms with Crippen molar-refractivity contribution in [3.8, 4) is 5.75 Å². The first kappa shape index (κ1) is 24.5. The number of hydrogen-bond acceptors (Lipinski definition) is 6. The number of carbonyl (C=O) groups excluding carboxylic acids is 1. The molecule has 3 N–H and O–H groups in total. The number of hydrogen-bond donors (Lipinski definition) is 2. The molecule has 0 atom stereocenters. The predicted octanol–water partition coefficient (Wildman–Crippen LogP) is 2.42. The summed E-state index contributed by atoms with van der Waals surface area (Å²) in [5, 5.41) is 0. The van der Waals surface area contributed by atoms with E-state index in [1.54, 1.807) is 37.5 Å². The van der Waals surface area contributed by atoms with Crippen molar-refractivity contribution in [1.82, 2.24) is 9.55 Å². The summed E-state index contributed by atoms with van der Waals surface area (Å²) in [4.78, 5) is 42.4. The molecule has 0 fully saturated rings. The third-order valence-electron chi connectivity index (χ3n) is 5.11. The number of nitrogens with two attached hydrogens (primary N) is 1. The van der Waals surface area contributed by atoms with Crippen LogP contribution in [-0.4, -0.2) is 42.3 Å². The highest BCUT2D eigenvalue weighted by molar-refractivity contribution is 6.07. The molecule has 34 heavy (non-hydrogen) atoms. The van der Waals surface area contributed by atoms with Gasteiger partial charge in [0.2, 0.25) is 0 Å². The molecular weight excluding hydrogens is 436 g/mol. The highest BCUT2D eigenvalue weighted by atomic mass is 16.5. The standard InChI is InChI=1S/C25H28N4O5/c1-3-15-34-20-12-10-19(11-13-20)24(31)28(14-7-16-33-2)21-22(26)29(25(32)27-23(21)30)17-18-8-5-4-6-9-18/h3-6,8-13H,1,7,14-17,26H2,2H3,(H,27,30,32). The first-order valence-electron chi connectivity index (χ1n) is 10.8. The lowest BCUT2D eigenvalue weighted by Gasteiger charge is -2.24. The van der Waals surface area contributed by atoms with E-state index in [-0.39, 0.29) is 24.6 Å². The van der Waals surface area contributed by atoms with Crippen LogP contribution in [0.1, 0.15) is 22.3 Å². The van der Waals surface area contributed by atoms with Crippen molar-refractivity contribution >= 4 is 17.4 Å². The molecular formula is C25H28N4O5. The van der Waals surface area contributed by atoms with Crippen LogP contribution in [0.4, 0.5) is 11.5 Å². The summed E-state index contributed by atoms with van der Waals surface area (Å²) >= 11 is 0. The summed E-state index contributed by atoms with van der Waals surface area (Å²) in [5.74, 6) is 0.0546. The molecule has 0 saturated carbocycles. The SMILES string of the molecule is C=CCOc1ccc(C(=O)N(CCCOC)c2c(N)n(Cc3ccccc3)c(=O)[nH]c2=O)cc1. The topological polar surface area (TPSA) is 120 Å². The fourth-order valence-corrected chi connectivity index (χ4v) is 3.45. The van der Waals surface area contributed by atoms with Crippen LogP contribution >= 0.6 is 0 Å². The highest BCUT2D eigenvalue weighted by Gasteiger charge is 2.25. The van der Waals surface area contributed by atoms with Crippen LogP contribution in [0.3, 0.4) is 0 Å². The maximum Gasteiger partial charge on any atom is 0.330 e. The zero-order valence-electron chi connectivity index (χ0n) is 19.0. The third-order valence-corrected chi connectivity index (χ3v) is 5.11. The fraction of sp³-hybridized carbons (Fsp3) is 0.240. The molecule has 0 unspecified atom stereocenters. The number of ether oxygens (including phenoxy) is 2. The van der Waals surface area contributed by atoms with Crippen molar-refractivity contribution in [2.24, 2.45) is 0 Å². The number of nitrogen functional groups attached to an aromatic ring is 1. The average Bonchev–Trinajstić information content (AvgIpc) is 2.85. The van der Waals surface area contributed by atoms with Crippen molar-refractivity contribution < 1.29 is 14.3 Å². The molecule has 0 aliphatic heterocycles. The molecule has 3 aromatic rings. The van der Waals surface area contributed by atoms with E-state index in [1.165, 1.54) is 9.47 Å². The first-order chi connectivity index (χ1) is 16.5. The molecule has 0 radical (unpaired) electrons. The lowest BCUT2D eigenvalue weighted by atomic mass is 10.1. The number of carbonyl (C=O) groups is 1. The average molecular weight is 465 g/mol. The molecule has 0 aliphatic rings. The lowest BCUT2D eigenvalue weighted by Crippen LogP contribution is -2.42. The number of aromatic nitrogens is 2. The van der Waals surface area contributed by atoms with Crippen molar-refractivity contribution in [3.05, 3.63) is 99.2 Å². The van der Waals surface area contributed by atoms with Crippen LogP contribution in [0, 0.1) is 0 Å². The zero-order valence-corrected chi connectivity index (χ0v) is 19.0. The van der Waals surface area contributed by atoms with Gasteiger partial charge in [0.25, 0.3) is 11.5 Å². The van der Waals surface area contributed by atoms with E-state index >= 15 is 0 Å². The van der Waals surface area contributed by atoms with Crippen LogP contribution in [0.15, 0.2) is 76.8 Å². The number of nitrogens with zero attached hydrogens (tertiary/aromatic N) is 2. The second-order valence-corrected chi connectivity index (χ2v) is 7.49. The Kier molecular flexibility index (Phi) is 8.42. The van der Waals surface area contributed by atoms with E-state index in [9.17, 15) is 14.4 Å². The van der Waals surface area contributed by atoms with Crippen LogP contribution in [0.5, 0.6) is 5.75 Å². The van der Waals surface area contributed by atoms with Gasteiger partial charge in [-0.25, -0.2) is 4.79 Å². The van der Waals surface area contributed by atoms with E-state index < -0.39 is 17.2 Å². The number of benzene rings is 2. The smallest absolute Gasteiger partial charge is 0.330 e. The normalized spacial score (nSPS) is 10.6. The molecule has 1 aromatic heterocycles. The Morgan fingerprint density at radius 3 is 2.50 bits per heavy atom. The van der Waals surface area contributed by atoms with Crippen molar-refractivity contribution in [2.45, 2.75) is 13.0 Å². The van der Waals surface area contributed by atoms with E-state index in [0.29, 0.717) is 30.9 Å². The van der Waals surface area contributed by atoms with Gasteiger partial charge in [-0.15, -0.1) is 0 Å². The van der Waals surface area contributed by atoms with Gasteiger partial charge in [0, 0.05) is 25.8 Å². The van der Waals surface area contributed by atoms with E-state index in [4.69, 9.17) is 15.2 Å². The molecule has 178 valence electrons. The minimum Gasteiger partial charge on any atom is -0.490 e. The lowest BCUT2D eigenvalue weighted by molar-refractivity contribution is 0.0983. The second-order valence-electron chi connectivity index (χ2n) is 7.49. The van der Waals surface area contributed by atoms with Crippen LogP contribution in [0.25, 0.3) is 0 Å². The quantitative estimate of drug-likeness (QED) is 0.332. The fourth-order valence-electron chi connectivity index (χ4n) is 3.45. The van der Waals surface area contributed by atoms with Gasteiger partial charge in [-0.05, 0) is 36.2 Å². The Hall–Kier alpha value is -4.11. The van der Waals surface area contributed by atoms with E-state index in [0.717, 1.165) is 5.56 Å². The number of aromatic amines is 1. The summed E-state index contributed by atoms with van der Waals surface area (Å²) in [7, 11) is 1.55. The van der Waals surface area contributed by atoms with Gasteiger partial charge in [0.15, 0.2) is 5.69 Å². The molecule has 9 nitrogen and oxygen atoms in total. The van der Waals surface area contributed by atoms with Crippen LogP contribution in [-0.2, 0) is 11.3 Å². The summed E-state index contributed by atoms with van der Waals surface area (Å²) < 4.78 is 11.8. The minimum absolute atomic E-state index is 0.0800. The number of rotatable bonds is 11. The molecule has 0 aliphatic carbocycles. The Balaban J connectivity index is 2.01. The van der Waals surface area contributed by atoms with Crippen LogP contribution < -0.4 is 26.6 Å². The van der Waals surface area contributed by atoms with Gasteiger partial charge in [-0.2, -0.15) is 0 Å². The number of methoxy groups -OCH3 is 1.